The van der Waals surface area contributed by atoms with Gasteiger partial charge in [-0.25, -0.2) is 0 Å². The van der Waals surface area contributed by atoms with Gasteiger partial charge in [0, 0.05) is 12.1 Å². The first-order valence-corrected chi connectivity index (χ1v) is 8.36. The van der Waals surface area contributed by atoms with Gasteiger partial charge in [-0.3, -0.25) is 9.67 Å². The van der Waals surface area contributed by atoms with Crippen LogP contribution in [0.5, 0.6) is 0 Å². The fraction of sp³-hybridized carbons (Fsp3) is 0.263. The number of aromatic amines is 1. The van der Waals surface area contributed by atoms with Gasteiger partial charge in [0.25, 0.3) is 0 Å². The number of H-pyrrole nitrogens is 1. The average Bonchev–Trinajstić information content (AvgIpc) is 2.95. The van der Waals surface area contributed by atoms with E-state index in [1.807, 2.05) is 10.6 Å². The van der Waals surface area contributed by atoms with Crippen LogP contribution in [-0.4, -0.2) is 14.8 Å². The maximum absolute atomic E-state index is 5.42. The van der Waals surface area contributed by atoms with Gasteiger partial charge in [0.1, 0.15) is 5.82 Å². The van der Waals surface area contributed by atoms with E-state index in [9.17, 15) is 0 Å². The first kappa shape index (κ1) is 15.7. The Balaban J connectivity index is 1.85. The molecule has 3 nitrogen and oxygen atoms in total. The number of aryl methyl sites for hydroxylation is 2. The summed E-state index contributed by atoms with van der Waals surface area (Å²) in [6.45, 7) is 4.40. The lowest BCUT2D eigenvalue weighted by Gasteiger charge is -2.10. The molecule has 23 heavy (non-hydrogen) atoms. The Morgan fingerprint density at radius 2 is 1.70 bits per heavy atom. The highest BCUT2D eigenvalue weighted by atomic mass is 32.1. The van der Waals surface area contributed by atoms with Crippen molar-refractivity contribution in [2.24, 2.45) is 0 Å². The number of hydrogen-bond donors (Lipinski definition) is 1. The fourth-order valence-corrected chi connectivity index (χ4v) is 2.93. The highest BCUT2D eigenvalue weighted by molar-refractivity contribution is 7.71. The van der Waals surface area contributed by atoms with E-state index in [1.165, 1.54) is 11.1 Å². The predicted molar refractivity (Wildman–Crippen MR) is 96.7 cm³/mol. The van der Waals surface area contributed by atoms with Crippen molar-refractivity contribution in [1.82, 2.24) is 14.8 Å². The fourth-order valence-electron chi connectivity index (χ4n) is 2.67. The predicted octanol–water partition coefficient (Wildman–Crippen LogP) is 4.84. The first-order chi connectivity index (χ1) is 11.1. The molecule has 0 saturated heterocycles. The molecule has 1 N–H and O–H groups in total. The second kappa shape index (κ2) is 6.92. The number of nitrogens with one attached hydrogen (secondary N) is 1. The Bertz CT molecular complexity index is 814. The molecule has 118 valence electrons. The van der Waals surface area contributed by atoms with Gasteiger partial charge in [-0.1, -0.05) is 56.3 Å². The van der Waals surface area contributed by atoms with Crippen LogP contribution in [0.1, 0.15) is 36.7 Å². The summed E-state index contributed by atoms with van der Waals surface area (Å²) in [6, 6.07) is 19.0. The molecule has 3 rings (SSSR count). The lowest BCUT2D eigenvalue weighted by molar-refractivity contribution is 0.817. The number of rotatable bonds is 5. The first-order valence-electron chi connectivity index (χ1n) is 7.95. The monoisotopic (exact) mass is 323 g/mol. The van der Waals surface area contributed by atoms with Crippen LogP contribution in [-0.2, 0) is 12.8 Å². The summed E-state index contributed by atoms with van der Waals surface area (Å²) < 4.78 is 2.67. The topological polar surface area (TPSA) is 33.6 Å². The van der Waals surface area contributed by atoms with Crippen molar-refractivity contribution in [3.05, 3.63) is 76.3 Å². The van der Waals surface area contributed by atoms with E-state index in [0.29, 0.717) is 10.7 Å². The Morgan fingerprint density at radius 1 is 1.00 bits per heavy atom. The molecule has 0 aliphatic carbocycles. The van der Waals surface area contributed by atoms with Crippen LogP contribution in [0.3, 0.4) is 0 Å². The molecule has 0 saturated carbocycles. The van der Waals surface area contributed by atoms with E-state index in [0.717, 1.165) is 24.4 Å². The van der Waals surface area contributed by atoms with Crippen molar-refractivity contribution >= 4 is 12.2 Å². The summed E-state index contributed by atoms with van der Waals surface area (Å²) in [5.41, 5.74) is 3.70. The van der Waals surface area contributed by atoms with Crippen LogP contribution >= 0.6 is 12.2 Å². The zero-order valence-corrected chi connectivity index (χ0v) is 14.3. The normalized spacial score (nSPS) is 11.1. The van der Waals surface area contributed by atoms with Crippen molar-refractivity contribution in [3.63, 3.8) is 0 Å². The Kier molecular flexibility index (Phi) is 4.72. The van der Waals surface area contributed by atoms with Gasteiger partial charge in [-0.05, 0) is 47.8 Å². The van der Waals surface area contributed by atoms with Gasteiger partial charge >= 0.3 is 0 Å². The molecule has 1 heterocycles. The Labute approximate surface area is 142 Å². The lowest BCUT2D eigenvalue weighted by Crippen LogP contribution is -2.04. The summed E-state index contributed by atoms with van der Waals surface area (Å²) >= 11 is 5.42. The van der Waals surface area contributed by atoms with Crippen molar-refractivity contribution in [2.75, 3.05) is 0 Å². The molecule has 0 bridgehead atoms. The molecule has 0 fully saturated rings. The van der Waals surface area contributed by atoms with Gasteiger partial charge in [0.15, 0.2) is 4.77 Å². The third-order valence-electron chi connectivity index (χ3n) is 4.04. The van der Waals surface area contributed by atoms with Gasteiger partial charge in [-0.15, -0.1) is 0 Å². The largest absolute Gasteiger partial charge is 0.272 e. The van der Waals surface area contributed by atoms with Crippen LogP contribution in [0.2, 0.25) is 0 Å². The molecule has 4 heteroatoms. The van der Waals surface area contributed by atoms with Crippen LogP contribution in [0.25, 0.3) is 5.69 Å². The average molecular weight is 323 g/mol. The lowest BCUT2D eigenvalue weighted by atomic mass is 10.0. The summed E-state index contributed by atoms with van der Waals surface area (Å²) in [7, 11) is 0. The zero-order chi connectivity index (χ0) is 16.2. The zero-order valence-electron chi connectivity index (χ0n) is 13.5. The number of aromatic nitrogens is 3. The number of benzene rings is 2. The van der Waals surface area contributed by atoms with E-state index in [-0.39, 0.29) is 0 Å². The van der Waals surface area contributed by atoms with E-state index >= 15 is 0 Å². The second-order valence-electron chi connectivity index (χ2n) is 6.01. The van der Waals surface area contributed by atoms with E-state index in [4.69, 9.17) is 12.2 Å². The van der Waals surface area contributed by atoms with E-state index in [2.05, 4.69) is 72.6 Å². The highest BCUT2D eigenvalue weighted by Gasteiger charge is 2.09. The van der Waals surface area contributed by atoms with Crippen molar-refractivity contribution < 1.29 is 0 Å². The maximum atomic E-state index is 5.42. The quantitative estimate of drug-likeness (QED) is 0.682. The summed E-state index contributed by atoms with van der Waals surface area (Å²) in [6.07, 6.45) is 1.80. The van der Waals surface area contributed by atoms with Gasteiger partial charge in [0.05, 0.1) is 0 Å². The summed E-state index contributed by atoms with van der Waals surface area (Å²) in [4.78, 5) is 0. The van der Waals surface area contributed by atoms with E-state index < -0.39 is 0 Å². The standard InChI is InChI=1S/C19H21N3S/c1-14(2)16-9-11-17(12-10-16)22-18(20-21-19(22)23)13-8-15-6-4-3-5-7-15/h3-7,9-12,14H,8,13H2,1-2H3,(H,21,23). The van der Waals surface area contributed by atoms with E-state index in [1.54, 1.807) is 0 Å². The van der Waals surface area contributed by atoms with Gasteiger partial charge in [0.2, 0.25) is 0 Å². The summed E-state index contributed by atoms with van der Waals surface area (Å²) in [5, 5.41) is 7.34. The number of hydrogen-bond acceptors (Lipinski definition) is 2. The summed E-state index contributed by atoms with van der Waals surface area (Å²) in [5.74, 6) is 1.50. The molecule has 1 aromatic heterocycles. The molecule has 2 aromatic carbocycles. The Hall–Kier alpha value is -2.20. The van der Waals surface area contributed by atoms with Crippen LogP contribution < -0.4 is 0 Å². The second-order valence-corrected chi connectivity index (χ2v) is 6.40. The van der Waals surface area contributed by atoms with Gasteiger partial charge < -0.3 is 0 Å². The molecular formula is C19H21N3S. The van der Waals surface area contributed by atoms with Crippen molar-refractivity contribution in [2.45, 2.75) is 32.6 Å². The van der Waals surface area contributed by atoms with Crippen LogP contribution in [0.15, 0.2) is 54.6 Å². The molecule has 0 unspecified atom stereocenters. The smallest absolute Gasteiger partial charge is 0.199 e. The molecule has 3 aromatic rings. The minimum Gasteiger partial charge on any atom is -0.272 e. The minimum absolute atomic E-state index is 0.527. The third-order valence-corrected chi connectivity index (χ3v) is 4.31. The Morgan fingerprint density at radius 3 is 2.35 bits per heavy atom. The molecule has 0 aliphatic rings. The van der Waals surface area contributed by atoms with Crippen LogP contribution in [0.4, 0.5) is 0 Å². The van der Waals surface area contributed by atoms with Crippen molar-refractivity contribution in [3.8, 4) is 5.69 Å². The van der Waals surface area contributed by atoms with Gasteiger partial charge in [-0.2, -0.15) is 5.10 Å². The molecular weight excluding hydrogens is 302 g/mol. The minimum atomic E-state index is 0.527. The molecule has 0 amide bonds. The maximum Gasteiger partial charge on any atom is 0.199 e. The van der Waals surface area contributed by atoms with Crippen molar-refractivity contribution in [1.29, 1.82) is 0 Å². The van der Waals surface area contributed by atoms with Crippen LogP contribution in [0, 0.1) is 4.77 Å². The molecule has 0 aliphatic heterocycles. The highest BCUT2D eigenvalue weighted by Crippen LogP contribution is 2.18. The number of nitrogens with zero attached hydrogens (tertiary/aromatic N) is 2. The molecule has 0 spiro atoms. The molecule has 0 atom stereocenters. The molecule has 0 radical (unpaired) electrons. The third kappa shape index (κ3) is 3.59. The SMILES string of the molecule is CC(C)c1ccc(-n2c(CCc3ccccc3)n[nH]c2=S)cc1.